The Bertz CT molecular complexity index is 523. The smallest absolute Gasteiger partial charge is 0.123 e. The maximum atomic E-state index is 10.1. The van der Waals surface area contributed by atoms with E-state index in [1.807, 2.05) is 42.5 Å². The van der Waals surface area contributed by atoms with Crippen molar-refractivity contribution in [2.75, 3.05) is 13.7 Å². The SMILES string of the molecule is COc1ccc([C@H](CCO)c2ccccc2)c(O)c1. The predicted octanol–water partition coefficient (Wildman–Crippen LogP) is 2.92. The summed E-state index contributed by atoms with van der Waals surface area (Å²) in [5.74, 6) is 0.802. The summed E-state index contributed by atoms with van der Waals surface area (Å²) in [6.45, 7) is 0.0744. The molecule has 0 unspecified atom stereocenters. The van der Waals surface area contributed by atoms with E-state index >= 15 is 0 Å². The van der Waals surface area contributed by atoms with Gasteiger partial charge in [0.1, 0.15) is 11.5 Å². The van der Waals surface area contributed by atoms with Crippen LogP contribution in [0.1, 0.15) is 23.5 Å². The van der Waals surface area contributed by atoms with Crippen molar-refractivity contribution < 1.29 is 14.9 Å². The number of hydrogen-bond donors (Lipinski definition) is 2. The quantitative estimate of drug-likeness (QED) is 0.867. The van der Waals surface area contributed by atoms with Gasteiger partial charge in [0.15, 0.2) is 0 Å². The zero-order chi connectivity index (χ0) is 13.7. The number of aromatic hydroxyl groups is 1. The number of phenols is 1. The van der Waals surface area contributed by atoms with Crippen LogP contribution in [0.4, 0.5) is 0 Å². The Labute approximate surface area is 113 Å². The molecule has 2 aromatic rings. The second-order valence-electron chi connectivity index (χ2n) is 4.40. The normalized spacial score (nSPS) is 12.1. The Morgan fingerprint density at radius 1 is 1.11 bits per heavy atom. The van der Waals surface area contributed by atoms with Gasteiger partial charge in [-0.2, -0.15) is 0 Å². The van der Waals surface area contributed by atoms with E-state index in [1.54, 1.807) is 13.2 Å². The van der Waals surface area contributed by atoms with Crippen LogP contribution in [0.2, 0.25) is 0 Å². The van der Waals surface area contributed by atoms with Crippen molar-refractivity contribution in [1.29, 1.82) is 0 Å². The van der Waals surface area contributed by atoms with Gasteiger partial charge in [0.05, 0.1) is 7.11 Å². The summed E-state index contributed by atoms with van der Waals surface area (Å²) in [4.78, 5) is 0. The Kier molecular flexibility index (Phi) is 4.42. The zero-order valence-corrected chi connectivity index (χ0v) is 10.9. The minimum absolute atomic E-state index is 0.0166. The lowest BCUT2D eigenvalue weighted by Crippen LogP contribution is -2.04. The monoisotopic (exact) mass is 258 g/mol. The fraction of sp³-hybridized carbons (Fsp3) is 0.250. The number of rotatable bonds is 5. The van der Waals surface area contributed by atoms with E-state index in [1.165, 1.54) is 0 Å². The van der Waals surface area contributed by atoms with Crippen LogP contribution in [0, 0.1) is 0 Å². The highest BCUT2D eigenvalue weighted by Crippen LogP contribution is 2.35. The van der Waals surface area contributed by atoms with Crippen molar-refractivity contribution in [2.45, 2.75) is 12.3 Å². The summed E-state index contributed by atoms with van der Waals surface area (Å²) in [6.07, 6.45) is 0.573. The van der Waals surface area contributed by atoms with Gasteiger partial charge >= 0.3 is 0 Å². The molecular weight excluding hydrogens is 240 g/mol. The van der Waals surface area contributed by atoms with Crippen LogP contribution in [-0.2, 0) is 0 Å². The molecule has 2 N–H and O–H groups in total. The molecule has 0 aliphatic rings. The van der Waals surface area contributed by atoms with Crippen molar-refractivity contribution in [3.63, 3.8) is 0 Å². The summed E-state index contributed by atoms with van der Waals surface area (Å²) in [5, 5.41) is 19.4. The largest absolute Gasteiger partial charge is 0.508 e. The maximum absolute atomic E-state index is 10.1. The minimum atomic E-state index is -0.0166. The molecule has 0 spiro atoms. The van der Waals surface area contributed by atoms with Crippen molar-refractivity contribution in [3.8, 4) is 11.5 Å². The number of methoxy groups -OCH3 is 1. The Hall–Kier alpha value is -2.00. The first-order chi connectivity index (χ1) is 9.26. The summed E-state index contributed by atoms with van der Waals surface area (Å²) in [5.41, 5.74) is 1.89. The van der Waals surface area contributed by atoms with Gasteiger partial charge in [0.2, 0.25) is 0 Å². The van der Waals surface area contributed by atoms with E-state index in [0.717, 1.165) is 11.1 Å². The van der Waals surface area contributed by atoms with Crippen LogP contribution in [0.25, 0.3) is 0 Å². The van der Waals surface area contributed by atoms with Crippen molar-refractivity contribution in [2.24, 2.45) is 0 Å². The number of ether oxygens (including phenoxy) is 1. The van der Waals surface area contributed by atoms with Gasteiger partial charge in [0.25, 0.3) is 0 Å². The molecule has 0 aliphatic heterocycles. The molecule has 0 heterocycles. The van der Waals surface area contributed by atoms with E-state index in [2.05, 4.69) is 0 Å². The Morgan fingerprint density at radius 3 is 2.42 bits per heavy atom. The third kappa shape index (κ3) is 3.06. The van der Waals surface area contributed by atoms with Crippen LogP contribution < -0.4 is 4.74 Å². The molecule has 0 saturated carbocycles. The topological polar surface area (TPSA) is 49.7 Å². The molecule has 0 aliphatic carbocycles. The summed E-state index contributed by atoms with van der Waals surface area (Å²) < 4.78 is 5.09. The van der Waals surface area contributed by atoms with E-state index < -0.39 is 0 Å². The van der Waals surface area contributed by atoms with E-state index in [0.29, 0.717) is 12.2 Å². The molecule has 1 atom stereocenters. The number of aliphatic hydroxyl groups excluding tert-OH is 1. The maximum Gasteiger partial charge on any atom is 0.123 e. The van der Waals surface area contributed by atoms with Gasteiger partial charge in [-0.05, 0) is 18.1 Å². The molecule has 0 bridgehead atoms. The Balaban J connectivity index is 2.39. The fourth-order valence-electron chi connectivity index (χ4n) is 2.26. The first kappa shape index (κ1) is 13.4. The fourth-order valence-corrected chi connectivity index (χ4v) is 2.26. The van der Waals surface area contributed by atoms with Crippen LogP contribution in [-0.4, -0.2) is 23.9 Å². The van der Waals surface area contributed by atoms with Crippen LogP contribution in [0.3, 0.4) is 0 Å². The van der Waals surface area contributed by atoms with Crippen molar-refractivity contribution in [1.82, 2.24) is 0 Å². The molecular formula is C16H18O3. The summed E-state index contributed by atoms with van der Waals surface area (Å²) >= 11 is 0. The lowest BCUT2D eigenvalue weighted by molar-refractivity contribution is 0.280. The van der Waals surface area contributed by atoms with Gasteiger partial charge in [0, 0.05) is 24.2 Å². The lowest BCUT2D eigenvalue weighted by atomic mass is 9.88. The van der Waals surface area contributed by atoms with Crippen LogP contribution in [0.5, 0.6) is 11.5 Å². The average molecular weight is 258 g/mol. The molecule has 0 saturated heterocycles. The first-order valence-electron chi connectivity index (χ1n) is 6.29. The van der Waals surface area contributed by atoms with Gasteiger partial charge in [-0.15, -0.1) is 0 Å². The van der Waals surface area contributed by atoms with Gasteiger partial charge < -0.3 is 14.9 Å². The van der Waals surface area contributed by atoms with Crippen LogP contribution >= 0.6 is 0 Å². The van der Waals surface area contributed by atoms with E-state index in [4.69, 9.17) is 4.74 Å². The molecule has 3 nitrogen and oxygen atoms in total. The second kappa shape index (κ2) is 6.25. The van der Waals surface area contributed by atoms with Gasteiger partial charge in [-0.25, -0.2) is 0 Å². The first-order valence-corrected chi connectivity index (χ1v) is 6.29. The third-order valence-corrected chi connectivity index (χ3v) is 3.23. The predicted molar refractivity (Wildman–Crippen MR) is 74.6 cm³/mol. The molecule has 2 rings (SSSR count). The average Bonchev–Trinajstić information content (AvgIpc) is 2.46. The molecule has 3 heteroatoms. The Morgan fingerprint density at radius 2 is 1.84 bits per heavy atom. The number of phenolic OH excluding ortho intramolecular Hbond substituents is 1. The molecule has 19 heavy (non-hydrogen) atoms. The molecule has 0 fully saturated rings. The number of aliphatic hydroxyl groups is 1. The minimum Gasteiger partial charge on any atom is -0.508 e. The van der Waals surface area contributed by atoms with E-state index in [-0.39, 0.29) is 18.3 Å². The number of benzene rings is 2. The highest BCUT2D eigenvalue weighted by Gasteiger charge is 2.17. The van der Waals surface area contributed by atoms with Crippen LogP contribution in [0.15, 0.2) is 48.5 Å². The highest BCUT2D eigenvalue weighted by atomic mass is 16.5. The molecule has 100 valence electrons. The standard InChI is InChI=1S/C16H18O3/c1-19-13-7-8-15(16(18)11-13)14(9-10-17)12-5-3-2-4-6-12/h2-8,11,14,17-18H,9-10H2,1H3/t14-/m1/s1. The zero-order valence-electron chi connectivity index (χ0n) is 10.9. The second-order valence-corrected chi connectivity index (χ2v) is 4.40. The molecule has 0 radical (unpaired) electrons. The molecule has 0 amide bonds. The third-order valence-electron chi connectivity index (χ3n) is 3.23. The van der Waals surface area contributed by atoms with Gasteiger partial charge in [-0.3, -0.25) is 0 Å². The van der Waals surface area contributed by atoms with Crippen molar-refractivity contribution in [3.05, 3.63) is 59.7 Å². The summed E-state index contributed by atoms with van der Waals surface area (Å²) in [7, 11) is 1.57. The lowest BCUT2D eigenvalue weighted by Gasteiger charge is -2.18. The molecule has 0 aromatic heterocycles. The summed E-state index contributed by atoms with van der Waals surface area (Å²) in [6, 6.07) is 15.1. The highest BCUT2D eigenvalue weighted by molar-refractivity contribution is 5.45. The number of hydrogen-bond acceptors (Lipinski definition) is 3. The van der Waals surface area contributed by atoms with Crippen molar-refractivity contribution >= 4 is 0 Å². The van der Waals surface area contributed by atoms with E-state index in [9.17, 15) is 10.2 Å². The molecule has 2 aromatic carbocycles. The van der Waals surface area contributed by atoms with Gasteiger partial charge in [-0.1, -0.05) is 36.4 Å².